The van der Waals surface area contributed by atoms with E-state index in [1.54, 1.807) is 24.3 Å². The summed E-state index contributed by atoms with van der Waals surface area (Å²) in [7, 11) is 0. The first-order valence-corrected chi connectivity index (χ1v) is 18.1. The molecule has 6 amide bonds. The minimum atomic E-state index is -1.47. The van der Waals surface area contributed by atoms with Crippen molar-refractivity contribution in [2.24, 2.45) is 0 Å². The highest BCUT2D eigenvalue weighted by Gasteiger charge is 2.28. The van der Waals surface area contributed by atoms with Crippen LogP contribution in [-0.2, 0) is 38.4 Å². The number of nitrogens with one attached hydrogen (secondary N) is 6. The van der Waals surface area contributed by atoms with Crippen molar-refractivity contribution in [2.45, 2.75) is 89.6 Å². The second-order valence-electron chi connectivity index (χ2n) is 13.2. The van der Waals surface area contributed by atoms with Crippen molar-refractivity contribution in [3.8, 4) is 23.7 Å². The van der Waals surface area contributed by atoms with Gasteiger partial charge in [-0.3, -0.25) is 38.4 Å². The van der Waals surface area contributed by atoms with Crippen LogP contribution in [0.2, 0.25) is 0 Å². The van der Waals surface area contributed by atoms with Gasteiger partial charge in [-0.15, -0.1) is 0 Å². The monoisotopic (exact) mass is 832 g/mol. The maximum Gasteiger partial charge on any atom is 0.326 e. The van der Waals surface area contributed by atoms with Crippen LogP contribution in [0.25, 0.3) is 0 Å². The van der Waals surface area contributed by atoms with Crippen molar-refractivity contribution < 1.29 is 68.4 Å². The van der Waals surface area contributed by atoms with Crippen molar-refractivity contribution in [3.63, 3.8) is 0 Å². The van der Waals surface area contributed by atoms with Crippen LogP contribution in [0.5, 0.6) is 0 Å². The minimum absolute atomic E-state index is 0.193. The summed E-state index contributed by atoms with van der Waals surface area (Å²) in [6.07, 6.45) is -1.69. The molecule has 2 aromatic carbocycles. The lowest BCUT2D eigenvalue weighted by molar-refractivity contribution is -0.144. The molecule has 0 heterocycles. The van der Waals surface area contributed by atoms with Gasteiger partial charge >= 0.3 is 23.9 Å². The second-order valence-corrected chi connectivity index (χ2v) is 13.2. The van der Waals surface area contributed by atoms with Gasteiger partial charge in [0, 0.05) is 35.1 Å². The average Bonchev–Trinajstić information content (AvgIpc) is 3.19. The molecule has 318 valence electrons. The summed E-state index contributed by atoms with van der Waals surface area (Å²) in [6, 6.07) is 4.53. The van der Waals surface area contributed by atoms with Crippen LogP contribution in [-0.4, -0.2) is 116 Å². The lowest BCUT2D eigenvalue weighted by Gasteiger charge is -2.20. The number of hydrogen-bond acceptors (Lipinski definition) is 10. The Labute approximate surface area is 343 Å². The van der Waals surface area contributed by atoms with Crippen LogP contribution in [0.3, 0.4) is 0 Å². The Kier molecular flexibility index (Phi) is 18.9. The quantitative estimate of drug-likeness (QED) is 0.0731. The number of carbonyl (C=O) groups excluding carboxylic acids is 6. The van der Waals surface area contributed by atoms with Crippen LogP contribution in [0.4, 0.5) is 0 Å². The number of carboxylic acid groups (broad SMARTS) is 4. The molecule has 0 saturated carbocycles. The van der Waals surface area contributed by atoms with Gasteiger partial charge in [0.2, 0.25) is 23.6 Å². The maximum atomic E-state index is 12.7. The van der Waals surface area contributed by atoms with E-state index in [0.717, 1.165) is 0 Å². The second kappa shape index (κ2) is 23.5. The zero-order chi connectivity index (χ0) is 45.1. The highest BCUT2D eigenvalue weighted by atomic mass is 16.4. The number of amides is 6. The molecule has 2 aromatic rings. The van der Waals surface area contributed by atoms with E-state index in [1.165, 1.54) is 52.0 Å². The van der Waals surface area contributed by atoms with Crippen LogP contribution in [0.1, 0.15) is 85.2 Å². The Morgan fingerprint density at radius 1 is 0.450 bits per heavy atom. The summed E-state index contributed by atoms with van der Waals surface area (Å²) in [5, 5.41) is 50.0. The molecule has 0 aliphatic rings. The molecule has 0 spiro atoms. The summed E-state index contributed by atoms with van der Waals surface area (Å²) in [5.74, 6) is 1.22. The third-order valence-electron chi connectivity index (χ3n) is 8.28. The van der Waals surface area contributed by atoms with Gasteiger partial charge in [-0.05, 0) is 101 Å². The molecule has 0 aliphatic carbocycles. The van der Waals surface area contributed by atoms with Crippen LogP contribution in [0, 0.1) is 23.7 Å². The Balaban J connectivity index is 1.88. The fraction of sp³-hybridized carbons (Fsp3) is 0.350. The lowest BCUT2D eigenvalue weighted by atomic mass is 10.1. The Hall–Kier alpha value is -7.74. The molecular formula is C40H44N6O14. The zero-order valence-corrected chi connectivity index (χ0v) is 32.8. The molecule has 6 atom stereocenters. The minimum Gasteiger partial charge on any atom is -0.481 e. The van der Waals surface area contributed by atoms with Crippen LogP contribution in [0.15, 0.2) is 48.5 Å². The standard InChI is InChI=1S/C40H44N6O14/c1-21(33(51)41-23(3)35(53)45-29(39(57)58)17-19-31(47)48)43-37(55)27-13-9-25(10-14-27)7-5-6-8-26-11-15-28(16-12-26)38(56)44-22(2)34(52)42-24(4)36(54)46-30(40(59)60)18-20-32(49)50/h9-16,21-24,29-30H,17-20H2,1-4H3,(H,41,51)(H,42,52)(H,43,55)(H,44,56)(H,45,53)(H,46,54)(H,47,48)(H,49,50)(H,57,58)(H,59,60)/t21-,22-,23-,24-,29-,30-/m0/s1. The zero-order valence-electron chi connectivity index (χ0n) is 32.8. The number of rotatable bonds is 20. The van der Waals surface area contributed by atoms with E-state index in [2.05, 4.69) is 55.6 Å². The first-order valence-electron chi connectivity index (χ1n) is 18.1. The predicted molar refractivity (Wildman–Crippen MR) is 209 cm³/mol. The van der Waals surface area contributed by atoms with Gasteiger partial charge in [-0.1, -0.05) is 11.8 Å². The van der Waals surface area contributed by atoms with Gasteiger partial charge in [0.25, 0.3) is 11.8 Å². The van der Waals surface area contributed by atoms with Crippen molar-refractivity contribution in [1.82, 2.24) is 31.9 Å². The molecule has 10 N–H and O–H groups in total. The van der Waals surface area contributed by atoms with Gasteiger partial charge < -0.3 is 52.3 Å². The molecule has 20 nitrogen and oxygen atoms in total. The highest BCUT2D eigenvalue weighted by Crippen LogP contribution is 2.07. The Morgan fingerprint density at radius 3 is 1.02 bits per heavy atom. The summed E-state index contributed by atoms with van der Waals surface area (Å²) in [6.45, 7) is 5.34. The fourth-order valence-electron chi connectivity index (χ4n) is 4.76. The number of carbonyl (C=O) groups is 10. The third-order valence-corrected chi connectivity index (χ3v) is 8.28. The Bertz CT molecular complexity index is 1950. The summed E-state index contributed by atoms with van der Waals surface area (Å²) >= 11 is 0. The van der Waals surface area contributed by atoms with Gasteiger partial charge in [0.1, 0.15) is 36.3 Å². The molecule has 0 aliphatic heterocycles. The third kappa shape index (κ3) is 16.8. The maximum absolute atomic E-state index is 12.7. The van der Waals surface area contributed by atoms with E-state index in [9.17, 15) is 58.2 Å². The number of carboxylic acids is 4. The molecule has 60 heavy (non-hydrogen) atoms. The molecule has 0 unspecified atom stereocenters. The van der Waals surface area contributed by atoms with Gasteiger partial charge in [0.15, 0.2) is 0 Å². The normalized spacial score (nSPS) is 13.2. The summed E-state index contributed by atoms with van der Waals surface area (Å²) in [4.78, 5) is 120. The molecule has 20 heteroatoms. The van der Waals surface area contributed by atoms with E-state index in [-0.39, 0.29) is 24.0 Å². The first kappa shape index (κ1) is 48.4. The summed E-state index contributed by atoms with van der Waals surface area (Å²) < 4.78 is 0. The fourth-order valence-corrected chi connectivity index (χ4v) is 4.76. The molecule has 0 bridgehead atoms. The molecule has 0 radical (unpaired) electrons. The van der Waals surface area contributed by atoms with E-state index in [0.29, 0.717) is 11.1 Å². The first-order chi connectivity index (χ1) is 28.2. The van der Waals surface area contributed by atoms with E-state index >= 15 is 0 Å². The smallest absolute Gasteiger partial charge is 0.326 e. The largest absolute Gasteiger partial charge is 0.481 e. The van der Waals surface area contributed by atoms with E-state index < -0.39 is 108 Å². The van der Waals surface area contributed by atoms with E-state index in [4.69, 9.17) is 10.2 Å². The van der Waals surface area contributed by atoms with Crippen LogP contribution < -0.4 is 31.9 Å². The van der Waals surface area contributed by atoms with Crippen molar-refractivity contribution in [3.05, 3.63) is 70.8 Å². The van der Waals surface area contributed by atoms with E-state index in [1.807, 2.05) is 0 Å². The van der Waals surface area contributed by atoms with Crippen molar-refractivity contribution >= 4 is 59.3 Å². The SMILES string of the molecule is C[C@H](NC(=O)c1ccc(C#CC#Cc2ccc(C(=O)N[C@@H](C)C(=O)N[C@@H](C)C(=O)N[C@@H](CCC(=O)O)C(=O)O)cc2)cc1)C(=O)N[C@@H](C)C(=O)N[C@@H](CCC(=O)O)C(=O)O. The number of hydrogen-bond donors (Lipinski definition) is 10. The van der Waals surface area contributed by atoms with Gasteiger partial charge in [0.05, 0.1) is 0 Å². The lowest BCUT2D eigenvalue weighted by Crippen LogP contribution is -2.54. The summed E-state index contributed by atoms with van der Waals surface area (Å²) in [5.41, 5.74) is 1.40. The molecule has 0 saturated heterocycles. The molecular weight excluding hydrogens is 788 g/mol. The topological polar surface area (TPSA) is 324 Å². The Morgan fingerprint density at radius 2 is 0.733 bits per heavy atom. The molecule has 2 rings (SSSR count). The van der Waals surface area contributed by atoms with Crippen molar-refractivity contribution in [1.29, 1.82) is 0 Å². The van der Waals surface area contributed by atoms with Crippen molar-refractivity contribution in [2.75, 3.05) is 0 Å². The molecule has 0 fully saturated rings. The number of benzene rings is 2. The highest BCUT2D eigenvalue weighted by molar-refractivity contribution is 5.99. The number of aliphatic carboxylic acids is 4. The predicted octanol–water partition coefficient (Wildman–Crippen LogP) is -0.796. The van der Waals surface area contributed by atoms with Crippen LogP contribution >= 0.6 is 0 Å². The van der Waals surface area contributed by atoms with Gasteiger partial charge in [-0.2, -0.15) is 0 Å². The molecule has 0 aromatic heterocycles. The van der Waals surface area contributed by atoms with Gasteiger partial charge in [-0.25, -0.2) is 9.59 Å². The average molecular weight is 833 g/mol.